The van der Waals surface area contributed by atoms with E-state index in [1.807, 2.05) is 4.57 Å². The lowest BCUT2D eigenvalue weighted by molar-refractivity contribution is 0.631. The molecule has 7 heteroatoms. The Bertz CT molecular complexity index is 524. The number of hydrogen-bond donors (Lipinski definition) is 1. The molecule has 2 rings (SSSR count). The first kappa shape index (κ1) is 11.6. The van der Waals surface area contributed by atoms with E-state index in [-0.39, 0.29) is 5.28 Å². The summed E-state index contributed by atoms with van der Waals surface area (Å²) >= 11 is 9.16. The van der Waals surface area contributed by atoms with Crippen LogP contribution < -0.4 is 5.73 Å². The van der Waals surface area contributed by atoms with Crippen molar-refractivity contribution in [3.8, 4) is 0 Å². The van der Waals surface area contributed by atoms with Crippen molar-refractivity contribution in [1.29, 1.82) is 0 Å². The van der Waals surface area contributed by atoms with Crippen LogP contribution in [0, 0.1) is 0 Å². The lowest BCUT2D eigenvalue weighted by Crippen LogP contribution is -2.01. The van der Waals surface area contributed by atoms with Gasteiger partial charge in [0.15, 0.2) is 21.7 Å². The van der Waals surface area contributed by atoms with Crippen molar-refractivity contribution in [3.05, 3.63) is 10.0 Å². The third-order valence-electron chi connectivity index (χ3n) is 2.28. The molecule has 16 heavy (non-hydrogen) atoms. The largest absolute Gasteiger partial charge is 0.382 e. The number of rotatable bonds is 3. The number of fused-ring (bicyclic) bond motifs is 1. The standard InChI is InChI=1S/C9H11BrClN5/c1-2-3-4-16-7-5(13-8(16)10)6(12)14-9(11)15-7/h2-4H2,1H3,(H2,12,14,15). The van der Waals surface area contributed by atoms with Crippen LogP contribution in [0.5, 0.6) is 0 Å². The maximum absolute atomic E-state index is 5.78. The van der Waals surface area contributed by atoms with E-state index < -0.39 is 0 Å². The first-order valence-electron chi connectivity index (χ1n) is 4.98. The van der Waals surface area contributed by atoms with Crippen LogP contribution in [0.25, 0.3) is 11.2 Å². The minimum atomic E-state index is 0.148. The Kier molecular flexibility index (Phi) is 3.30. The van der Waals surface area contributed by atoms with Crippen molar-refractivity contribution in [2.45, 2.75) is 26.3 Å². The predicted molar refractivity (Wildman–Crippen MR) is 67.4 cm³/mol. The lowest BCUT2D eigenvalue weighted by atomic mass is 10.3. The molecule has 2 N–H and O–H groups in total. The van der Waals surface area contributed by atoms with E-state index in [1.165, 1.54) is 0 Å². The molecule has 0 aliphatic rings. The van der Waals surface area contributed by atoms with E-state index in [2.05, 4.69) is 37.8 Å². The van der Waals surface area contributed by atoms with E-state index in [0.29, 0.717) is 21.7 Å². The average molecular weight is 305 g/mol. The van der Waals surface area contributed by atoms with Crippen molar-refractivity contribution < 1.29 is 0 Å². The second kappa shape index (κ2) is 4.55. The molecule has 0 aromatic carbocycles. The highest BCUT2D eigenvalue weighted by atomic mass is 79.9. The summed E-state index contributed by atoms with van der Waals surface area (Å²) in [6, 6.07) is 0. The summed E-state index contributed by atoms with van der Waals surface area (Å²) in [5.41, 5.74) is 7.00. The molecule has 0 aliphatic carbocycles. The zero-order valence-electron chi connectivity index (χ0n) is 8.74. The number of aromatic nitrogens is 4. The molecule has 2 heterocycles. The van der Waals surface area contributed by atoms with Crippen LogP contribution in [0.4, 0.5) is 5.82 Å². The van der Waals surface area contributed by atoms with Crippen LogP contribution in [0.15, 0.2) is 4.73 Å². The summed E-state index contributed by atoms with van der Waals surface area (Å²) in [7, 11) is 0. The molecule has 0 atom stereocenters. The third-order valence-corrected chi connectivity index (χ3v) is 3.06. The van der Waals surface area contributed by atoms with Crippen molar-refractivity contribution in [1.82, 2.24) is 19.5 Å². The minimum absolute atomic E-state index is 0.148. The fraction of sp³-hybridized carbons (Fsp3) is 0.444. The van der Waals surface area contributed by atoms with Gasteiger partial charge in [0.2, 0.25) is 5.28 Å². The maximum Gasteiger partial charge on any atom is 0.226 e. The molecule has 0 spiro atoms. The van der Waals surface area contributed by atoms with Crippen LogP contribution >= 0.6 is 27.5 Å². The van der Waals surface area contributed by atoms with Gasteiger partial charge >= 0.3 is 0 Å². The van der Waals surface area contributed by atoms with Gasteiger partial charge in [-0.1, -0.05) is 13.3 Å². The normalized spacial score (nSPS) is 11.2. The molecule has 5 nitrogen and oxygen atoms in total. The zero-order valence-corrected chi connectivity index (χ0v) is 11.1. The fourth-order valence-electron chi connectivity index (χ4n) is 1.48. The molecule has 0 fully saturated rings. The smallest absolute Gasteiger partial charge is 0.226 e. The summed E-state index contributed by atoms with van der Waals surface area (Å²) in [4.78, 5) is 12.3. The number of unbranched alkanes of at least 4 members (excludes halogenated alkanes) is 1. The van der Waals surface area contributed by atoms with Gasteiger partial charge in [-0.2, -0.15) is 9.97 Å². The number of hydrogen-bond acceptors (Lipinski definition) is 4. The summed E-state index contributed by atoms with van der Waals surface area (Å²) in [6.45, 7) is 2.96. The third kappa shape index (κ3) is 1.99. The summed E-state index contributed by atoms with van der Waals surface area (Å²) < 4.78 is 2.65. The van der Waals surface area contributed by atoms with Crippen LogP contribution in [0.1, 0.15) is 19.8 Å². The van der Waals surface area contributed by atoms with Gasteiger partial charge in [0.25, 0.3) is 0 Å². The zero-order chi connectivity index (χ0) is 11.7. The summed E-state index contributed by atoms with van der Waals surface area (Å²) in [5.74, 6) is 0.311. The molecule has 0 saturated heterocycles. The quantitative estimate of drug-likeness (QED) is 0.699. The second-order valence-corrected chi connectivity index (χ2v) is 4.48. The molecule has 0 bridgehead atoms. The Morgan fingerprint density at radius 2 is 2.12 bits per heavy atom. The molecule has 0 amide bonds. The van der Waals surface area contributed by atoms with Gasteiger partial charge in [-0.25, -0.2) is 4.98 Å². The highest BCUT2D eigenvalue weighted by molar-refractivity contribution is 9.10. The topological polar surface area (TPSA) is 69.6 Å². The van der Waals surface area contributed by atoms with E-state index in [1.54, 1.807) is 0 Å². The van der Waals surface area contributed by atoms with Crippen LogP contribution in [-0.4, -0.2) is 19.5 Å². The molecule has 2 aromatic rings. The number of halogens is 2. The highest BCUT2D eigenvalue weighted by Gasteiger charge is 2.13. The number of aryl methyl sites for hydroxylation is 1. The number of nitrogens with zero attached hydrogens (tertiary/aromatic N) is 4. The van der Waals surface area contributed by atoms with Crippen molar-refractivity contribution in [3.63, 3.8) is 0 Å². The van der Waals surface area contributed by atoms with Gasteiger partial charge in [0, 0.05) is 6.54 Å². The first-order chi connectivity index (χ1) is 7.63. The molecule has 86 valence electrons. The van der Waals surface area contributed by atoms with Crippen molar-refractivity contribution in [2.75, 3.05) is 5.73 Å². The fourth-order valence-corrected chi connectivity index (χ4v) is 2.18. The molecule has 0 unspecified atom stereocenters. The Morgan fingerprint density at radius 1 is 1.38 bits per heavy atom. The van der Waals surface area contributed by atoms with Crippen molar-refractivity contribution in [2.24, 2.45) is 0 Å². The summed E-state index contributed by atoms with van der Waals surface area (Å²) in [5, 5.41) is 0.148. The van der Waals surface area contributed by atoms with E-state index in [9.17, 15) is 0 Å². The molecule has 0 aliphatic heterocycles. The number of nitrogen functional groups attached to an aromatic ring is 1. The molecule has 2 aromatic heterocycles. The van der Waals surface area contributed by atoms with Crippen LogP contribution in [-0.2, 0) is 6.54 Å². The van der Waals surface area contributed by atoms with Gasteiger partial charge in [-0.15, -0.1) is 0 Å². The molecule has 0 saturated carbocycles. The maximum atomic E-state index is 5.78. The van der Waals surface area contributed by atoms with E-state index >= 15 is 0 Å². The SMILES string of the molecule is CCCCn1c(Br)nc2c(N)nc(Cl)nc21. The Labute approximate surface area is 106 Å². The molecule has 0 radical (unpaired) electrons. The Balaban J connectivity index is 2.59. The van der Waals surface area contributed by atoms with Crippen LogP contribution in [0.2, 0.25) is 5.28 Å². The molecular weight excluding hydrogens is 293 g/mol. The first-order valence-corrected chi connectivity index (χ1v) is 6.15. The van der Waals surface area contributed by atoms with Gasteiger partial charge in [-0.3, -0.25) is 0 Å². The van der Waals surface area contributed by atoms with E-state index in [0.717, 1.165) is 19.4 Å². The minimum Gasteiger partial charge on any atom is -0.382 e. The van der Waals surface area contributed by atoms with Gasteiger partial charge < -0.3 is 10.3 Å². The summed E-state index contributed by atoms with van der Waals surface area (Å²) in [6.07, 6.45) is 2.14. The number of imidazole rings is 1. The predicted octanol–water partition coefficient (Wildman–Crippen LogP) is 2.62. The molecular formula is C9H11BrClN5. The number of anilines is 1. The van der Waals surface area contributed by atoms with Gasteiger partial charge in [0.05, 0.1) is 0 Å². The average Bonchev–Trinajstić information content (AvgIpc) is 2.53. The van der Waals surface area contributed by atoms with E-state index in [4.69, 9.17) is 17.3 Å². The Morgan fingerprint density at radius 3 is 2.81 bits per heavy atom. The lowest BCUT2D eigenvalue weighted by Gasteiger charge is -2.03. The van der Waals surface area contributed by atoms with Gasteiger partial charge in [0.1, 0.15) is 0 Å². The van der Waals surface area contributed by atoms with Crippen LogP contribution in [0.3, 0.4) is 0 Å². The van der Waals surface area contributed by atoms with Gasteiger partial charge in [-0.05, 0) is 34.0 Å². The number of nitrogens with two attached hydrogens (primary N) is 1. The van der Waals surface area contributed by atoms with Crippen molar-refractivity contribution >= 4 is 44.5 Å². The second-order valence-electron chi connectivity index (χ2n) is 3.44. The highest BCUT2D eigenvalue weighted by Crippen LogP contribution is 2.23. The Hall–Kier alpha value is -0.880. The monoisotopic (exact) mass is 303 g/mol.